The second-order valence-corrected chi connectivity index (χ2v) is 5.67. The topological polar surface area (TPSA) is 109 Å². The lowest BCUT2D eigenvalue weighted by Crippen LogP contribution is -2.47. The van der Waals surface area contributed by atoms with Crippen LogP contribution >= 0.6 is 23.4 Å². The van der Waals surface area contributed by atoms with Crippen LogP contribution in [0.15, 0.2) is 12.3 Å². The maximum absolute atomic E-state index is 12.2. The van der Waals surface area contributed by atoms with E-state index in [1.165, 1.54) is 12.3 Å². The van der Waals surface area contributed by atoms with Gasteiger partial charge in [0.15, 0.2) is 0 Å². The number of pyridine rings is 1. The molecule has 7 nitrogen and oxygen atoms in total. The summed E-state index contributed by atoms with van der Waals surface area (Å²) in [6, 6.07) is 3.28. The van der Waals surface area contributed by atoms with Crippen LogP contribution in [0.25, 0.3) is 0 Å². The minimum Gasteiger partial charge on any atom is -0.333 e. The summed E-state index contributed by atoms with van der Waals surface area (Å²) in [6.45, 7) is 0. The molecule has 1 unspecified atom stereocenters. The van der Waals surface area contributed by atoms with Crippen molar-refractivity contribution in [2.24, 2.45) is 0 Å². The van der Waals surface area contributed by atoms with Gasteiger partial charge in [-0.2, -0.15) is 17.0 Å². The largest absolute Gasteiger partial charge is 0.333 e. The predicted molar refractivity (Wildman–Crippen MR) is 73.7 cm³/mol. The number of thioether (sulfide) groups is 1. The first-order valence-electron chi connectivity index (χ1n) is 5.59. The molecule has 1 aliphatic heterocycles. The summed E-state index contributed by atoms with van der Waals surface area (Å²) in [6.07, 6.45) is 1.72. The van der Waals surface area contributed by atoms with Crippen molar-refractivity contribution in [3.63, 3.8) is 0 Å². The van der Waals surface area contributed by atoms with Crippen molar-refractivity contribution >= 4 is 35.0 Å². The monoisotopic (exact) mass is 312 g/mol. The Balaban J connectivity index is 2.33. The summed E-state index contributed by atoms with van der Waals surface area (Å²) in [4.78, 5) is 26.0. The summed E-state index contributed by atoms with van der Waals surface area (Å²) in [5.74, 6) is 0.527. The fourth-order valence-corrected chi connectivity index (χ4v) is 3.34. The minimum atomic E-state index is -0.981. The summed E-state index contributed by atoms with van der Waals surface area (Å²) >= 11 is 7.20. The third-order valence-corrected chi connectivity index (χ3v) is 4.36. The molecule has 0 aromatic carbocycles. The lowest BCUT2D eigenvalue weighted by molar-refractivity contribution is -0.385. The highest BCUT2D eigenvalue weighted by Crippen LogP contribution is 2.30. The number of carbonyl (C=O) groups excluding carboxylic acids is 1. The maximum atomic E-state index is 12.2. The van der Waals surface area contributed by atoms with E-state index in [1.807, 2.05) is 0 Å². The van der Waals surface area contributed by atoms with Crippen LogP contribution in [-0.2, 0) is 0 Å². The Morgan fingerprint density at radius 2 is 2.45 bits per heavy atom. The fourth-order valence-electron chi connectivity index (χ4n) is 1.85. The first-order valence-corrected chi connectivity index (χ1v) is 7.13. The van der Waals surface area contributed by atoms with Crippen LogP contribution in [-0.4, -0.2) is 32.9 Å². The highest BCUT2D eigenvalue weighted by molar-refractivity contribution is 7.99. The zero-order valence-electron chi connectivity index (χ0n) is 10.1. The van der Waals surface area contributed by atoms with Gasteiger partial charge in [0.2, 0.25) is 5.15 Å². The van der Waals surface area contributed by atoms with Gasteiger partial charge in [-0.05, 0) is 18.2 Å². The lowest BCUT2D eigenvalue weighted by atomic mass is 10.0. The van der Waals surface area contributed by atoms with Crippen molar-refractivity contribution in [3.05, 3.63) is 33.1 Å². The Bertz CT molecular complexity index is 610. The Hall–Kier alpha value is -1.85. The Kier molecular flexibility index (Phi) is 4.11. The van der Waals surface area contributed by atoms with E-state index in [1.54, 1.807) is 11.8 Å². The van der Waals surface area contributed by atoms with Gasteiger partial charge in [0, 0.05) is 11.9 Å². The third-order valence-electron chi connectivity index (χ3n) is 2.90. The van der Waals surface area contributed by atoms with Crippen molar-refractivity contribution in [2.75, 3.05) is 11.5 Å². The Morgan fingerprint density at radius 1 is 1.70 bits per heavy atom. The van der Waals surface area contributed by atoms with Crippen molar-refractivity contribution < 1.29 is 9.72 Å². The van der Waals surface area contributed by atoms with Crippen LogP contribution in [0.4, 0.5) is 5.69 Å². The van der Waals surface area contributed by atoms with Gasteiger partial charge in [-0.1, -0.05) is 11.6 Å². The van der Waals surface area contributed by atoms with E-state index in [9.17, 15) is 20.2 Å². The van der Waals surface area contributed by atoms with Crippen molar-refractivity contribution in [1.29, 1.82) is 5.26 Å². The predicted octanol–water partition coefficient (Wildman–Crippen LogP) is 1.77. The van der Waals surface area contributed by atoms with Gasteiger partial charge in [0.05, 0.1) is 11.0 Å². The standard InChI is InChI=1S/C11H9ClN4O3S/c12-9-8(16(18)19)7(1-3-14-9)10(17)15-11(5-13)2-4-20-6-11/h1,3H,2,4,6H2,(H,15,17). The van der Waals surface area contributed by atoms with E-state index in [0.717, 1.165) is 5.75 Å². The average molecular weight is 313 g/mol. The van der Waals surface area contributed by atoms with Crippen LogP contribution in [0.2, 0.25) is 5.15 Å². The molecule has 1 amide bonds. The van der Waals surface area contributed by atoms with Crippen LogP contribution in [0.1, 0.15) is 16.8 Å². The number of aromatic nitrogens is 1. The molecule has 1 aromatic heterocycles. The first kappa shape index (κ1) is 14.6. The van der Waals surface area contributed by atoms with Crippen LogP contribution in [0.3, 0.4) is 0 Å². The fraction of sp³-hybridized carbons (Fsp3) is 0.364. The Labute approximate surface area is 123 Å². The lowest BCUT2D eigenvalue weighted by Gasteiger charge is -2.21. The number of hydrogen-bond acceptors (Lipinski definition) is 6. The van der Waals surface area contributed by atoms with Crippen LogP contribution in [0.5, 0.6) is 0 Å². The van der Waals surface area contributed by atoms with Crippen LogP contribution < -0.4 is 5.32 Å². The van der Waals surface area contributed by atoms with Crippen molar-refractivity contribution in [1.82, 2.24) is 10.3 Å². The average Bonchev–Trinajstić information content (AvgIpc) is 2.87. The first-order chi connectivity index (χ1) is 9.49. The van der Waals surface area contributed by atoms with Gasteiger partial charge in [0.1, 0.15) is 11.1 Å². The van der Waals surface area contributed by atoms with Gasteiger partial charge in [-0.25, -0.2) is 4.98 Å². The van der Waals surface area contributed by atoms with Crippen molar-refractivity contribution in [2.45, 2.75) is 12.0 Å². The highest BCUT2D eigenvalue weighted by Gasteiger charge is 2.38. The van der Waals surface area contributed by atoms with Crippen LogP contribution in [0, 0.1) is 21.4 Å². The second-order valence-electron chi connectivity index (χ2n) is 4.21. The van der Waals surface area contributed by atoms with Crippen molar-refractivity contribution in [3.8, 4) is 6.07 Å². The summed E-state index contributed by atoms with van der Waals surface area (Å²) in [5, 5.41) is 22.4. The molecule has 1 atom stereocenters. The number of carbonyl (C=O) groups is 1. The minimum absolute atomic E-state index is 0.193. The van der Waals surface area contributed by atoms with E-state index < -0.39 is 22.1 Å². The van der Waals surface area contributed by atoms with Gasteiger partial charge >= 0.3 is 5.69 Å². The zero-order chi connectivity index (χ0) is 14.8. The molecule has 0 radical (unpaired) electrons. The number of hydrogen-bond donors (Lipinski definition) is 1. The highest BCUT2D eigenvalue weighted by atomic mass is 35.5. The molecule has 0 saturated carbocycles. The van der Waals surface area contributed by atoms with Gasteiger partial charge in [0.25, 0.3) is 5.91 Å². The number of nitrogens with zero attached hydrogens (tertiary/aromatic N) is 3. The molecule has 1 N–H and O–H groups in total. The molecule has 1 aromatic rings. The molecule has 0 spiro atoms. The quantitative estimate of drug-likeness (QED) is 0.517. The normalized spacial score (nSPS) is 21.2. The molecule has 104 valence electrons. The van der Waals surface area contributed by atoms with E-state index in [0.29, 0.717) is 12.2 Å². The second kappa shape index (κ2) is 5.64. The maximum Gasteiger partial charge on any atom is 0.319 e. The van der Waals surface area contributed by atoms with Gasteiger partial charge in [-0.3, -0.25) is 14.9 Å². The number of nitriles is 1. The number of nitrogens with one attached hydrogen (secondary N) is 1. The smallest absolute Gasteiger partial charge is 0.319 e. The van der Waals surface area contributed by atoms with E-state index in [2.05, 4.69) is 16.4 Å². The molecule has 2 heterocycles. The molecule has 2 rings (SSSR count). The number of nitro groups is 1. The third kappa shape index (κ3) is 2.69. The number of amides is 1. The molecular weight excluding hydrogens is 304 g/mol. The molecule has 20 heavy (non-hydrogen) atoms. The molecular formula is C11H9ClN4O3S. The SMILES string of the molecule is N#CC1(NC(=O)c2ccnc(Cl)c2[N+](=O)[O-])CCSC1. The summed E-state index contributed by atoms with van der Waals surface area (Å²) in [7, 11) is 0. The van der Waals surface area contributed by atoms with E-state index >= 15 is 0 Å². The van der Waals surface area contributed by atoms with Gasteiger partial charge in [-0.15, -0.1) is 0 Å². The molecule has 0 aliphatic carbocycles. The molecule has 1 saturated heterocycles. The van der Waals surface area contributed by atoms with E-state index in [4.69, 9.17) is 11.6 Å². The summed E-state index contributed by atoms with van der Waals surface area (Å²) < 4.78 is 0. The van der Waals surface area contributed by atoms with E-state index in [-0.39, 0.29) is 10.7 Å². The zero-order valence-corrected chi connectivity index (χ0v) is 11.7. The van der Waals surface area contributed by atoms with Gasteiger partial charge < -0.3 is 5.32 Å². The molecule has 0 bridgehead atoms. The molecule has 1 fully saturated rings. The number of rotatable bonds is 3. The molecule has 9 heteroatoms. The number of halogens is 1. The Morgan fingerprint density at radius 3 is 3.00 bits per heavy atom. The molecule has 1 aliphatic rings. The summed E-state index contributed by atoms with van der Waals surface area (Å²) in [5.41, 5.74) is -1.72.